The van der Waals surface area contributed by atoms with E-state index in [2.05, 4.69) is 12.2 Å². The van der Waals surface area contributed by atoms with Gasteiger partial charge >= 0.3 is 0 Å². The van der Waals surface area contributed by atoms with Gasteiger partial charge in [0, 0.05) is 23.1 Å². The fourth-order valence-corrected chi connectivity index (χ4v) is 3.62. The Labute approximate surface area is 126 Å². The Hall–Kier alpha value is -1.64. The molecule has 1 aromatic rings. The first-order chi connectivity index (χ1) is 10.1. The normalized spacial score (nSPS) is 21.1. The molecule has 0 radical (unpaired) electrons. The molecule has 1 N–H and O–H groups in total. The van der Waals surface area contributed by atoms with Crippen molar-refractivity contribution in [3.05, 3.63) is 29.3 Å². The molecular formula is C18H23NO2. The third-order valence-corrected chi connectivity index (χ3v) is 5.00. The summed E-state index contributed by atoms with van der Waals surface area (Å²) in [6, 6.07) is 5.79. The van der Waals surface area contributed by atoms with Crippen molar-refractivity contribution in [3.8, 4) is 0 Å². The first-order valence-electron chi connectivity index (χ1n) is 8.06. The Morgan fingerprint density at radius 3 is 2.62 bits per heavy atom. The Kier molecular flexibility index (Phi) is 3.83. The standard InChI is InChI=1S/C18H23NO2/c1-18(10-3-2-4-11-18)17(21)14-8-9-15-13(12-14)6-5-7-16(20)19-15/h8-9,12H,2-7,10-11H2,1H3,(H,19,20). The van der Waals surface area contributed by atoms with Crippen LogP contribution in [0.2, 0.25) is 0 Å². The zero-order valence-electron chi connectivity index (χ0n) is 12.7. The number of ketones is 1. The molecule has 0 unspecified atom stereocenters. The number of nitrogens with one attached hydrogen (secondary N) is 1. The van der Waals surface area contributed by atoms with Crippen LogP contribution in [-0.4, -0.2) is 11.7 Å². The maximum absolute atomic E-state index is 12.9. The number of hydrogen-bond donors (Lipinski definition) is 1. The summed E-state index contributed by atoms with van der Waals surface area (Å²) in [5.74, 6) is 0.354. The number of Topliss-reactive ketones (excluding diaryl/α,β-unsaturated/α-hetero) is 1. The van der Waals surface area contributed by atoms with Crippen molar-refractivity contribution in [2.75, 3.05) is 5.32 Å². The third-order valence-electron chi connectivity index (χ3n) is 5.00. The zero-order valence-corrected chi connectivity index (χ0v) is 12.7. The number of hydrogen-bond acceptors (Lipinski definition) is 2. The zero-order chi connectivity index (χ0) is 14.9. The second kappa shape index (κ2) is 5.63. The van der Waals surface area contributed by atoms with Crippen molar-refractivity contribution < 1.29 is 9.59 Å². The monoisotopic (exact) mass is 285 g/mol. The molecule has 3 nitrogen and oxygen atoms in total. The van der Waals surface area contributed by atoms with Gasteiger partial charge in [0.2, 0.25) is 5.91 Å². The van der Waals surface area contributed by atoms with Crippen LogP contribution in [0.4, 0.5) is 5.69 Å². The van der Waals surface area contributed by atoms with E-state index in [1.165, 1.54) is 6.42 Å². The quantitative estimate of drug-likeness (QED) is 0.831. The van der Waals surface area contributed by atoms with Crippen LogP contribution in [-0.2, 0) is 11.2 Å². The van der Waals surface area contributed by atoms with Crippen molar-refractivity contribution in [3.63, 3.8) is 0 Å². The molecule has 1 amide bonds. The van der Waals surface area contributed by atoms with E-state index in [0.717, 1.165) is 55.3 Å². The number of rotatable bonds is 2. The molecule has 112 valence electrons. The number of benzene rings is 1. The first kappa shape index (κ1) is 14.3. The highest BCUT2D eigenvalue weighted by Crippen LogP contribution is 2.39. The van der Waals surface area contributed by atoms with Crippen LogP contribution in [0.25, 0.3) is 0 Å². The topological polar surface area (TPSA) is 46.2 Å². The number of fused-ring (bicyclic) bond motifs is 1. The summed E-state index contributed by atoms with van der Waals surface area (Å²) in [7, 11) is 0. The number of anilines is 1. The van der Waals surface area contributed by atoms with Crippen molar-refractivity contribution >= 4 is 17.4 Å². The van der Waals surface area contributed by atoms with Crippen molar-refractivity contribution in [2.24, 2.45) is 5.41 Å². The highest BCUT2D eigenvalue weighted by atomic mass is 16.1. The summed E-state index contributed by atoms with van der Waals surface area (Å²) < 4.78 is 0. The molecule has 1 aliphatic carbocycles. The van der Waals surface area contributed by atoms with E-state index in [9.17, 15) is 9.59 Å². The van der Waals surface area contributed by atoms with Crippen molar-refractivity contribution in [2.45, 2.75) is 58.3 Å². The smallest absolute Gasteiger partial charge is 0.224 e. The van der Waals surface area contributed by atoms with E-state index < -0.39 is 0 Å². The fraction of sp³-hybridized carbons (Fsp3) is 0.556. The molecule has 1 heterocycles. The van der Waals surface area contributed by atoms with E-state index in [1.807, 2.05) is 18.2 Å². The summed E-state index contributed by atoms with van der Waals surface area (Å²) in [5, 5.41) is 2.93. The molecular weight excluding hydrogens is 262 g/mol. The Morgan fingerprint density at radius 2 is 1.86 bits per heavy atom. The second-order valence-electron chi connectivity index (χ2n) is 6.72. The summed E-state index contributed by atoms with van der Waals surface area (Å²) >= 11 is 0. The predicted molar refractivity (Wildman–Crippen MR) is 83.5 cm³/mol. The highest BCUT2D eigenvalue weighted by Gasteiger charge is 2.35. The lowest BCUT2D eigenvalue weighted by Crippen LogP contribution is -2.30. The maximum Gasteiger partial charge on any atom is 0.224 e. The summed E-state index contributed by atoms with van der Waals surface area (Å²) in [6.45, 7) is 2.11. The predicted octanol–water partition coefficient (Wildman–Crippen LogP) is 4.11. The van der Waals surface area contributed by atoms with Gasteiger partial charge in [-0.15, -0.1) is 0 Å². The summed E-state index contributed by atoms with van der Waals surface area (Å²) in [6.07, 6.45) is 7.85. The van der Waals surface area contributed by atoms with Crippen LogP contribution in [0.1, 0.15) is 67.8 Å². The molecule has 0 spiro atoms. The van der Waals surface area contributed by atoms with E-state index in [4.69, 9.17) is 0 Å². The lowest BCUT2D eigenvalue weighted by Gasteiger charge is -2.32. The highest BCUT2D eigenvalue weighted by molar-refractivity contribution is 6.01. The van der Waals surface area contributed by atoms with Gasteiger partial charge in [0.1, 0.15) is 0 Å². The molecule has 1 aliphatic heterocycles. The Bertz CT molecular complexity index is 571. The van der Waals surface area contributed by atoms with Crippen LogP contribution in [0.15, 0.2) is 18.2 Å². The van der Waals surface area contributed by atoms with Crippen LogP contribution in [0, 0.1) is 5.41 Å². The molecule has 0 saturated heterocycles. The van der Waals surface area contributed by atoms with Gasteiger partial charge in [-0.05, 0) is 49.4 Å². The Balaban J connectivity index is 1.88. The fourth-order valence-electron chi connectivity index (χ4n) is 3.62. The van der Waals surface area contributed by atoms with Crippen molar-refractivity contribution in [1.29, 1.82) is 0 Å². The number of carbonyl (C=O) groups is 2. The van der Waals surface area contributed by atoms with Crippen LogP contribution >= 0.6 is 0 Å². The molecule has 2 aliphatic rings. The molecule has 21 heavy (non-hydrogen) atoms. The van der Waals surface area contributed by atoms with Gasteiger partial charge in [0.25, 0.3) is 0 Å². The molecule has 0 bridgehead atoms. The molecule has 0 atom stereocenters. The maximum atomic E-state index is 12.9. The molecule has 1 aromatic carbocycles. The minimum atomic E-state index is -0.194. The molecule has 3 heteroatoms. The number of amides is 1. The minimum Gasteiger partial charge on any atom is -0.326 e. The lowest BCUT2D eigenvalue weighted by atomic mass is 9.71. The van der Waals surface area contributed by atoms with E-state index in [-0.39, 0.29) is 17.1 Å². The lowest BCUT2D eigenvalue weighted by molar-refractivity contribution is -0.116. The van der Waals surface area contributed by atoms with Crippen LogP contribution < -0.4 is 5.32 Å². The van der Waals surface area contributed by atoms with Gasteiger partial charge in [-0.3, -0.25) is 9.59 Å². The van der Waals surface area contributed by atoms with Crippen LogP contribution in [0.3, 0.4) is 0 Å². The van der Waals surface area contributed by atoms with Gasteiger partial charge in [0.15, 0.2) is 5.78 Å². The Morgan fingerprint density at radius 1 is 1.10 bits per heavy atom. The number of aryl methyl sites for hydroxylation is 1. The average Bonchev–Trinajstić information content (AvgIpc) is 2.67. The van der Waals surface area contributed by atoms with E-state index >= 15 is 0 Å². The average molecular weight is 285 g/mol. The molecule has 1 saturated carbocycles. The minimum absolute atomic E-state index is 0.0760. The summed E-state index contributed by atoms with van der Waals surface area (Å²) in [4.78, 5) is 24.5. The van der Waals surface area contributed by atoms with Gasteiger partial charge in [-0.2, -0.15) is 0 Å². The SMILES string of the molecule is CC1(C(=O)c2ccc3c(c2)CCCC(=O)N3)CCCCC1. The van der Waals surface area contributed by atoms with Gasteiger partial charge in [-0.25, -0.2) is 0 Å². The van der Waals surface area contributed by atoms with Crippen LogP contribution in [0.5, 0.6) is 0 Å². The largest absolute Gasteiger partial charge is 0.326 e. The first-order valence-corrected chi connectivity index (χ1v) is 8.06. The number of carbonyl (C=O) groups excluding carboxylic acids is 2. The van der Waals surface area contributed by atoms with Gasteiger partial charge in [-0.1, -0.05) is 26.2 Å². The second-order valence-corrected chi connectivity index (χ2v) is 6.72. The van der Waals surface area contributed by atoms with E-state index in [1.54, 1.807) is 0 Å². The van der Waals surface area contributed by atoms with Gasteiger partial charge < -0.3 is 5.32 Å². The van der Waals surface area contributed by atoms with Crippen molar-refractivity contribution in [1.82, 2.24) is 0 Å². The van der Waals surface area contributed by atoms with E-state index in [0.29, 0.717) is 6.42 Å². The molecule has 3 rings (SSSR count). The van der Waals surface area contributed by atoms with Gasteiger partial charge in [0.05, 0.1) is 0 Å². The summed E-state index contributed by atoms with van der Waals surface area (Å²) in [5.41, 5.74) is 2.60. The third kappa shape index (κ3) is 2.87. The molecule has 0 aromatic heterocycles. The molecule has 1 fully saturated rings.